The van der Waals surface area contributed by atoms with Gasteiger partial charge in [0, 0.05) is 0 Å². The summed E-state index contributed by atoms with van der Waals surface area (Å²) in [5.41, 5.74) is 0. The molecule has 0 aliphatic carbocycles. The minimum absolute atomic E-state index is 0. The minimum atomic E-state index is -2.92. The van der Waals surface area contributed by atoms with Crippen LogP contribution < -0.4 is 33.9 Å². The predicted molar refractivity (Wildman–Crippen MR) is 30.8 cm³/mol. The van der Waals surface area contributed by atoms with Gasteiger partial charge in [-0.1, -0.05) is 0 Å². The number of aliphatic carboxylic acids is 1. The van der Waals surface area contributed by atoms with Crippen LogP contribution in [0.5, 0.6) is 0 Å². The zero-order chi connectivity index (χ0) is 8.73. The normalized spacial score (nSPS) is 9.08. The van der Waals surface area contributed by atoms with Crippen molar-refractivity contribution >= 4 is 62.2 Å². The van der Waals surface area contributed by atoms with Gasteiger partial charge in [0.2, 0.25) is 0 Å². The third kappa shape index (κ3) is 41.8. The Morgan fingerprint density at radius 1 is 1.42 bits per heavy atom. The maximum absolute atomic E-state index is 9.45. The Morgan fingerprint density at radius 2 is 1.50 bits per heavy atom. The maximum atomic E-state index is 9.45. The van der Waals surface area contributed by atoms with Crippen LogP contribution in [0.2, 0.25) is 0 Å². The second kappa shape index (κ2) is 15.0. The van der Waals surface area contributed by atoms with Crippen molar-refractivity contribution in [1.82, 2.24) is 0 Å². The van der Waals surface area contributed by atoms with Crippen molar-refractivity contribution < 1.29 is 48.9 Å². The van der Waals surface area contributed by atoms with Crippen molar-refractivity contribution in [1.29, 1.82) is 0 Å². The first-order valence-electron chi connectivity index (χ1n) is 2.26. The Balaban J connectivity index is -0.0000000483. The molecule has 1 unspecified atom stereocenters. The third-order valence-electron chi connectivity index (χ3n) is 0.357. The van der Waals surface area contributed by atoms with E-state index in [4.69, 9.17) is 25.3 Å². The van der Waals surface area contributed by atoms with E-state index in [2.05, 4.69) is 0 Å². The summed E-state index contributed by atoms with van der Waals surface area (Å²) in [7, 11) is -2.92. The average molecular weight is 293 g/mol. The van der Waals surface area contributed by atoms with E-state index in [1.807, 2.05) is 0 Å². The van der Waals surface area contributed by atoms with Crippen LogP contribution in [0.1, 0.15) is 6.92 Å². The molecule has 12 heavy (non-hydrogen) atoms. The molecule has 0 aromatic heterocycles. The molecule has 0 saturated heterocycles. The molecule has 0 aromatic carbocycles. The van der Waals surface area contributed by atoms with Crippen LogP contribution in [0.15, 0.2) is 0 Å². The summed E-state index contributed by atoms with van der Waals surface area (Å²) in [4.78, 5) is 9.45. The molecular weight excluding hydrogens is 287 g/mol. The zero-order valence-corrected chi connectivity index (χ0v) is 11.3. The molecule has 0 aromatic rings. The molecule has 0 radical (unpaired) electrons. The molecule has 0 heterocycles. The number of rotatable bonds is 1. The van der Waals surface area contributed by atoms with Gasteiger partial charge in [-0.25, -0.2) is 4.79 Å². The van der Waals surface area contributed by atoms with Gasteiger partial charge in [0.05, 0.1) is 0 Å². The van der Waals surface area contributed by atoms with Gasteiger partial charge in [-0.2, -0.15) is 0 Å². The number of aliphatic hydroxyl groups is 1. The molecule has 0 rings (SSSR count). The number of carbonyl (C=O) groups is 1. The summed E-state index contributed by atoms with van der Waals surface area (Å²) in [6.45, 7) is 1.20. The fourth-order valence-corrected chi connectivity index (χ4v) is 0. The Morgan fingerprint density at radius 3 is 1.50 bits per heavy atom. The van der Waals surface area contributed by atoms with E-state index in [-0.39, 0.29) is 67.7 Å². The van der Waals surface area contributed by atoms with E-state index in [9.17, 15) is 4.79 Å². The van der Waals surface area contributed by atoms with Gasteiger partial charge >= 0.3 is 73.7 Å². The topological polar surface area (TPSA) is 127 Å². The fraction of sp³-hybridized carbons (Fsp3) is 0.667. The Kier molecular flexibility index (Phi) is 29.3. The van der Waals surface area contributed by atoms with Crippen molar-refractivity contribution in [2.24, 2.45) is 0 Å². The van der Waals surface area contributed by atoms with E-state index in [1.165, 1.54) is 6.92 Å². The summed E-state index contributed by atoms with van der Waals surface area (Å²) in [6, 6.07) is 0. The zero-order valence-electron chi connectivity index (χ0n) is 6.89. The molecule has 0 fully saturated rings. The first-order chi connectivity index (χ1) is 4.37. The van der Waals surface area contributed by atoms with Gasteiger partial charge in [0.25, 0.3) is 0 Å². The van der Waals surface area contributed by atoms with Gasteiger partial charge in [0.1, 0.15) is 6.10 Å². The second-order valence-electron chi connectivity index (χ2n) is 1.30. The second-order valence-corrected chi connectivity index (χ2v) is 1.30. The molecule has 0 saturated carbocycles. The van der Waals surface area contributed by atoms with Gasteiger partial charge < -0.3 is 25.3 Å². The minimum Gasteiger partial charge on any atom is -0.907 e. The average Bonchev–Trinajstić information content (AvgIpc) is 1.63. The van der Waals surface area contributed by atoms with Crippen LogP contribution in [0.4, 0.5) is 0 Å². The molecule has 0 amide bonds. The SMILES string of the molecule is CC(O)C(=O)O.[Ba+2].[Li+].[O-]B([O-])[O-]. The standard InChI is InChI=1S/C3H6O3.BO3.Ba.Li/c1-2(4)3(5)6;2-1(3)4;;/h2,4H,1H3,(H,5,6);;;/q;-3;+2;+1. The quantitative estimate of drug-likeness (QED) is 0.462. The van der Waals surface area contributed by atoms with Gasteiger partial charge in [-0.05, 0) is 6.92 Å². The summed E-state index contributed by atoms with van der Waals surface area (Å²) >= 11 is 0. The molecule has 1 atom stereocenters. The first kappa shape index (κ1) is 23.4. The van der Waals surface area contributed by atoms with Crippen LogP contribution in [-0.4, -0.2) is 78.5 Å². The Labute approximate surface area is 122 Å². The van der Waals surface area contributed by atoms with Crippen LogP contribution in [0.3, 0.4) is 0 Å². The van der Waals surface area contributed by atoms with E-state index < -0.39 is 19.4 Å². The molecule has 0 spiro atoms. The fourth-order valence-electron chi connectivity index (χ4n) is 0. The molecule has 0 bridgehead atoms. The Hall–Kier alpha value is 1.54. The summed E-state index contributed by atoms with van der Waals surface area (Å²) in [5, 5.41) is 41.0. The van der Waals surface area contributed by atoms with E-state index in [0.29, 0.717) is 0 Å². The van der Waals surface area contributed by atoms with E-state index >= 15 is 0 Å². The van der Waals surface area contributed by atoms with Crippen LogP contribution in [0.25, 0.3) is 0 Å². The van der Waals surface area contributed by atoms with E-state index in [0.717, 1.165) is 0 Å². The molecule has 9 heteroatoms. The third-order valence-corrected chi connectivity index (χ3v) is 0.357. The van der Waals surface area contributed by atoms with Crippen molar-refractivity contribution in [3.63, 3.8) is 0 Å². The van der Waals surface area contributed by atoms with Crippen LogP contribution in [0, 0.1) is 0 Å². The first-order valence-corrected chi connectivity index (χ1v) is 2.26. The summed E-state index contributed by atoms with van der Waals surface area (Å²) in [5.74, 6) is -1.19. The summed E-state index contributed by atoms with van der Waals surface area (Å²) < 4.78 is 0. The molecule has 6 nitrogen and oxygen atoms in total. The predicted octanol–water partition coefficient (Wildman–Crippen LogP) is -7.87. The molecular formula is C3H6BBaLiO6. The van der Waals surface area contributed by atoms with Crippen LogP contribution in [-0.2, 0) is 4.79 Å². The van der Waals surface area contributed by atoms with Crippen molar-refractivity contribution in [3.8, 4) is 0 Å². The van der Waals surface area contributed by atoms with E-state index in [1.54, 1.807) is 0 Å². The number of hydrogen-bond donors (Lipinski definition) is 2. The molecule has 0 aliphatic heterocycles. The number of carboxylic acids is 1. The van der Waals surface area contributed by atoms with Crippen molar-refractivity contribution in [2.45, 2.75) is 13.0 Å². The molecule has 2 N–H and O–H groups in total. The monoisotopic (exact) mass is 294 g/mol. The molecule has 0 aliphatic rings. The number of aliphatic hydroxyl groups excluding tert-OH is 1. The number of carboxylic acid groups (broad SMARTS) is 1. The molecule has 60 valence electrons. The van der Waals surface area contributed by atoms with Crippen molar-refractivity contribution in [3.05, 3.63) is 0 Å². The number of hydrogen-bond acceptors (Lipinski definition) is 5. The van der Waals surface area contributed by atoms with Gasteiger partial charge in [0.15, 0.2) is 0 Å². The van der Waals surface area contributed by atoms with Gasteiger partial charge in [-0.15, -0.1) is 0 Å². The largest absolute Gasteiger partial charge is 2.00 e. The smallest absolute Gasteiger partial charge is 0.907 e. The summed E-state index contributed by atoms with van der Waals surface area (Å²) in [6.07, 6.45) is -1.23. The Bertz CT molecular complexity index is 98.0. The van der Waals surface area contributed by atoms with Crippen molar-refractivity contribution in [2.75, 3.05) is 0 Å². The maximum Gasteiger partial charge on any atom is 2.00 e. The van der Waals surface area contributed by atoms with Crippen LogP contribution >= 0.6 is 0 Å². The van der Waals surface area contributed by atoms with Gasteiger partial charge in [-0.3, -0.25) is 7.32 Å².